The Bertz CT molecular complexity index is 325. The largest absolute Gasteiger partial charge is 0.241 e. The van der Waals surface area contributed by atoms with Crippen LogP contribution in [0.25, 0.3) is 0 Å². The van der Waals surface area contributed by atoms with Crippen LogP contribution in [0.4, 0.5) is 0 Å². The molecule has 1 aromatic heterocycles. The van der Waals surface area contributed by atoms with Gasteiger partial charge in [0, 0.05) is 10.3 Å². The quantitative estimate of drug-likeness (QED) is 0.666. The fourth-order valence-corrected chi connectivity index (χ4v) is 2.29. The van der Waals surface area contributed by atoms with Crippen LogP contribution in [0.3, 0.4) is 0 Å². The van der Waals surface area contributed by atoms with Crippen LogP contribution in [0.1, 0.15) is 4.88 Å². The van der Waals surface area contributed by atoms with Crippen molar-refractivity contribution in [2.24, 2.45) is 5.14 Å². The Balaban J connectivity index is 3.21. The third-order valence-corrected chi connectivity index (χ3v) is 3.00. The summed E-state index contributed by atoms with van der Waals surface area (Å²) in [5.74, 6) is 0. The van der Waals surface area contributed by atoms with E-state index in [9.17, 15) is 4.21 Å². The minimum Gasteiger partial charge on any atom is -0.241 e. The molecule has 3 nitrogen and oxygen atoms in total. The maximum atomic E-state index is 10.9. The second kappa shape index (κ2) is 2.34. The van der Waals surface area contributed by atoms with Crippen LogP contribution in [0.2, 0.25) is 0 Å². The molecule has 1 aromatic rings. The van der Waals surface area contributed by atoms with E-state index in [0.717, 1.165) is 4.88 Å². The normalized spacial score (nSPS) is 16.6. The fraction of sp³-hybridized carbons (Fsp3) is 0.200. The summed E-state index contributed by atoms with van der Waals surface area (Å²) in [6.07, 6.45) is 0. The zero-order valence-electron chi connectivity index (χ0n) is 5.46. The Hall–Kier alpha value is -0.390. The highest BCUT2D eigenvalue weighted by molar-refractivity contribution is 7.90. The smallest absolute Gasteiger partial charge is 0.132 e. The van der Waals surface area contributed by atoms with E-state index in [1.807, 2.05) is 6.92 Å². The van der Waals surface area contributed by atoms with Gasteiger partial charge in [0.2, 0.25) is 0 Å². The lowest BCUT2D eigenvalue weighted by molar-refractivity contribution is 0.676. The van der Waals surface area contributed by atoms with Crippen molar-refractivity contribution in [1.29, 1.82) is 4.78 Å². The Morgan fingerprint density at radius 1 is 1.80 bits per heavy atom. The molecule has 0 aliphatic rings. The van der Waals surface area contributed by atoms with Crippen LogP contribution >= 0.6 is 11.3 Å². The summed E-state index contributed by atoms with van der Waals surface area (Å²) in [7, 11) is -2.97. The predicted molar refractivity (Wildman–Crippen MR) is 42.4 cm³/mol. The molecule has 0 radical (unpaired) electrons. The standard InChI is InChI=1S/C5H8N2OS2/c1-4-2-5(3-9-4)10(6,7)8/h2-3H,1H3,(H3,6,7,8). The Labute approximate surface area is 64.0 Å². The summed E-state index contributed by atoms with van der Waals surface area (Å²) in [6.45, 7) is 1.89. The van der Waals surface area contributed by atoms with E-state index in [2.05, 4.69) is 0 Å². The van der Waals surface area contributed by atoms with Crippen LogP contribution in [-0.2, 0) is 9.92 Å². The third kappa shape index (κ3) is 1.56. The first-order valence-corrected chi connectivity index (χ1v) is 5.12. The van der Waals surface area contributed by atoms with Gasteiger partial charge in [0.05, 0.1) is 4.90 Å². The first-order valence-electron chi connectivity index (χ1n) is 2.62. The number of hydrogen-bond donors (Lipinski definition) is 2. The van der Waals surface area contributed by atoms with Gasteiger partial charge < -0.3 is 0 Å². The highest BCUT2D eigenvalue weighted by Crippen LogP contribution is 2.16. The topological polar surface area (TPSA) is 66.9 Å². The van der Waals surface area contributed by atoms with Gasteiger partial charge in [-0.1, -0.05) is 0 Å². The Morgan fingerprint density at radius 3 is 2.60 bits per heavy atom. The monoisotopic (exact) mass is 176 g/mol. The number of nitrogens with one attached hydrogen (secondary N) is 1. The molecule has 1 atom stereocenters. The highest BCUT2D eigenvalue weighted by Gasteiger charge is 2.03. The molecule has 1 heterocycles. The van der Waals surface area contributed by atoms with E-state index < -0.39 is 9.92 Å². The number of rotatable bonds is 1. The van der Waals surface area contributed by atoms with Crippen LogP contribution in [0.5, 0.6) is 0 Å². The molecule has 0 saturated carbocycles. The van der Waals surface area contributed by atoms with Crippen molar-refractivity contribution in [2.75, 3.05) is 0 Å². The molecule has 1 rings (SSSR count). The van der Waals surface area contributed by atoms with Gasteiger partial charge >= 0.3 is 0 Å². The van der Waals surface area contributed by atoms with Crippen molar-refractivity contribution in [2.45, 2.75) is 11.8 Å². The van der Waals surface area contributed by atoms with E-state index in [0.29, 0.717) is 4.90 Å². The first kappa shape index (κ1) is 7.71. The summed E-state index contributed by atoms with van der Waals surface area (Å²) in [4.78, 5) is 1.45. The molecule has 0 aliphatic carbocycles. The molecule has 0 aliphatic heterocycles. The number of nitrogens with two attached hydrogens (primary N) is 1. The van der Waals surface area contributed by atoms with Gasteiger partial charge in [-0.3, -0.25) is 0 Å². The molecule has 10 heavy (non-hydrogen) atoms. The maximum Gasteiger partial charge on any atom is 0.132 e. The maximum absolute atomic E-state index is 10.9. The lowest BCUT2D eigenvalue weighted by atomic mass is 10.5. The molecule has 3 N–H and O–H groups in total. The fourth-order valence-electron chi connectivity index (χ4n) is 0.578. The highest BCUT2D eigenvalue weighted by atomic mass is 32.2. The zero-order valence-corrected chi connectivity index (χ0v) is 7.09. The summed E-state index contributed by atoms with van der Waals surface area (Å²) in [5, 5.41) is 6.73. The average Bonchev–Trinajstić information content (AvgIpc) is 2.11. The van der Waals surface area contributed by atoms with Gasteiger partial charge in [-0.2, -0.15) is 0 Å². The van der Waals surface area contributed by atoms with Crippen LogP contribution < -0.4 is 5.14 Å². The molecule has 0 spiro atoms. The van der Waals surface area contributed by atoms with E-state index in [4.69, 9.17) is 9.92 Å². The van der Waals surface area contributed by atoms with E-state index in [-0.39, 0.29) is 0 Å². The van der Waals surface area contributed by atoms with Crippen molar-refractivity contribution < 1.29 is 4.21 Å². The molecule has 1 unspecified atom stereocenters. The van der Waals surface area contributed by atoms with E-state index in [1.54, 1.807) is 11.4 Å². The van der Waals surface area contributed by atoms with Gasteiger partial charge in [0.25, 0.3) is 0 Å². The lowest BCUT2D eigenvalue weighted by Crippen LogP contribution is -2.08. The van der Waals surface area contributed by atoms with Crippen molar-refractivity contribution in [3.63, 3.8) is 0 Å². The van der Waals surface area contributed by atoms with Gasteiger partial charge in [-0.15, -0.1) is 11.3 Å². The summed E-state index contributed by atoms with van der Waals surface area (Å²) < 4.78 is 17.9. The van der Waals surface area contributed by atoms with E-state index >= 15 is 0 Å². The van der Waals surface area contributed by atoms with E-state index in [1.165, 1.54) is 11.3 Å². The molecule has 5 heteroatoms. The average molecular weight is 176 g/mol. The van der Waals surface area contributed by atoms with Crippen molar-refractivity contribution in [3.8, 4) is 0 Å². The first-order chi connectivity index (χ1) is 4.50. The van der Waals surface area contributed by atoms with Crippen molar-refractivity contribution >= 4 is 21.3 Å². The predicted octanol–water partition coefficient (Wildman–Crippen LogP) is 1.34. The molecule has 0 bridgehead atoms. The second-order valence-corrected chi connectivity index (χ2v) is 4.78. The van der Waals surface area contributed by atoms with Gasteiger partial charge in [0.15, 0.2) is 0 Å². The number of thiophene rings is 1. The molecule has 0 amide bonds. The van der Waals surface area contributed by atoms with Crippen LogP contribution in [-0.4, -0.2) is 4.21 Å². The summed E-state index contributed by atoms with van der Waals surface area (Å²) in [6, 6.07) is 1.68. The summed E-state index contributed by atoms with van der Waals surface area (Å²) in [5.41, 5.74) is 0. The van der Waals surface area contributed by atoms with Crippen molar-refractivity contribution in [3.05, 3.63) is 16.3 Å². The minimum atomic E-state index is -2.97. The van der Waals surface area contributed by atoms with Crippen LogP contribution in [0, 0.1) is 11.7 Å². The zero-order chi connectivity index (χ0) is 7.78. The molecular formula is C5H8N2OS2. The lowest BCUT2D eigenvalue weighted by Gasteiger charge is -1.92. The molecule has 0 saturated heterocycles. The minimum absolute atomic E-state index is 0.426. The SMILES string of the molecule is Cc1cc(S(=N)(N)=O)cs1. The van der Waals surface area contributed by atoms with Gasteiger partial charge in [-0.25, -0.2) is 14.1 Å². The number of hydrogen-bond acceptors (Lipinski definition) is 3. The van der Waals surface area contributed by atoms with Crippen LogP contribution in [0.15, 0.2) is 16.3 Å². The van der Waals surface area contributed by atoms with Gasteiger partial charge in [0.1, 0.15) is 9.92 Å². The molecule has 0 fully saturated rings. The molecule has 56 valence electrons. The summed E-state index contributed by atoms with van der Waals surface area (Å²) >= 11 is 1.45. The molecular weight excluding hydrogens is 168 g/mol. The van der Waals surface area contributed by atoms with Crippen molar-refractivity contribution in [1.82, 2.24) is 0 Å². The second-order valence-electron chi connectivity index (χ2n) is 1.99. The Kier molecular flexibility index (Phi) is 1.80. The molecule has 0 aromatic carbocycles. The third-order valence-electron chi connectivity index (χ3n) is 1.06. The van der Waals surface area contributed by atoms with Gasteiger partial charge in [-0.05, 0) is 13.0 Å². The Morgan fingerprint density at radius 2 is 2.40 bits per heavy atom. The number of aryl methyl sites for hydroxylation is 1.